The molecular formula is C37H25NS. The highest BCUT2D eigenvalue weighted by Crippen LogP contribution is 2.40. The second kappa shape index (κ2) is 8.69. The molecule has 0 radical (unpaired) electrons. The summed E-state index contributed by atoms with van der Waals surface area (Å²) in [7, 11) is 0. The molecule has 2 aromatic heterocycles. The highest BCUT2D eigenvalue weighted by molar-refractivity contribution is 7.25. The quantitative estimate of drug-likeness (QED) is 0.220. The Morgan fingerprint density at radius 2 is 1.08 bits per heavy atom. The van der Waals surface area contributed by atoms with Gasteiger partial charge in [0.2, 0.25) is 0 Å². The standard InChI is InChI=1S/C37H25NS/c1-24-14-16-25(17-15-24)28-8-2-3-9-29(28)26-18-20-31-30-10-4-6-12-34(30)38(35(31)22-26)27-19-21-33-32-11-5-7-13-36(32)39-37(33)23-27/h2-23H,1H3. The number of benzene rings is 6. The van der Waals surface area contributed by atoms with E-state index in [1.54, 1.807) is 0 Å². The van der Waals surface area contributed by atoms with Crippen LogP contribution < -0.4 is 0 Å². The number of nitrogens with zero attached hydrogens (tertiary/aromatic N) is 1. The van der Waals surface area contributed by atoms with E-state index in [-0.39, 0.29) is 0 Å². The van der Waals surface area contributed by atoms with Crippen LogP contribution in [-0.4, -0.2) is 4.57 Å². The summed E-state index contributed by atoms with van der Waals surface area (Å²) in [4.78, 5) is 0. The van der Waals surface area contributed by atoms with Gasteiger partial charge in [-0.2, -0.15) is 0 Å². The van der Waals surface area contributed by atoms with Gasteiger partial charge in [0.05, 0.1) is 11.0 Å². The Balaban J connectivity index is 1.38. The molecular weight excluding hydrogens is 490 g/mol. The Hall–Kier alpha value is -4.66. The van der Waals surface area contributed by atoms with Gasteiger partial charge < -0.3 is 4.57 Å². The van der Waals surface area contributed by atoms with Crippen LogP contribution in [0.25, 0.3) is 69.9 Å². The van der Waals surface area contributed by atoms with E-state index in [1.165, 1.54) is 75.5 Å². The molecule has 39 heavy (non-hydrogen) atoms. The van der Waals surface area contributed by atoms with Gasteiger partial charge in [0, 0.05) is 36.6 Å². The van der Waals surface area contributed by atoms with Crippen LogP contribution in [0.1, 0.15) is 5.56 Å². The third kappa shape index (κ3) is 3.53. The number of aryl methyl sites for hydroxylation is 1. The molecule has 0 N–H and O–H groups in total. The first-order valence-electron chi connectivity index (χ1n) is 13.4. The van der Waals surface area contributed by atoms with Gasteiger partial charge in [-0.3, -0.25) is 0 Å². The Morgan fingerprint density at radius 3 is 1.92 bits per heavy atom. The normalized spacial score (nSPS) is 11.7. The van der Waals surface area contributed by atoms with Crippen LogP contribution >= 0.6 is 11.3 Å². The Morgan fingerprint density at radius 1 is 0.462 bits per heavy atom. The Kier molecular flexibility index (Phi) is 4.98. The summed E-state index contributed by atoms with van der Waals surface area (Å²) in [6.45, 7) is 2.14. The fraction of sp³-hybridized carbons (Fsp3) is 0.0270. The molecule has 0 aliphatic rings. The number of hydrogen-bond acceptors (Lipinski definition) is 1. The van der Waals surface area contributed by atoms with Crippen molar-refractivity contribution in [3.8, 4) is 27.9 Å². The summed E-state index contributed by atoms with van der Waals surface area (Å²) >= 11 is 1.87. The zero-order valence-electron chi connectivity index (χ0n) is 21.6. The van der Waals surface area contributed by atoms with Gasteiger partial charge in [0.1, 0.15) is 0 Å². The molecule has 0 aliphatic heterocycles. The first-order valence-corrected chi connectivity index (χ1v) is 14.2. The fourth-order valence-corrected chi connectivity index (χ4v) is 7.13. The maximum Gasteiger partial charge on any atom is 0.0547 e. The van der Waals surface area contributed by atoms with E-state index in [9.17, 15) is 0 Å². The van der Waals surface area contributed by atoms with E-state index in [0.717, 1.165) is 0 Å². The van der Waals surface area contributed by atoms with Crippen molar-refractivity contribution in [1.29, 1.82) is 0 Å². The predicted octanol–water partition coefficient (Wildman–Crippen LogP) is 10.8. The zero-order chi connectivity index (χ0) is 25.9. The van der Waals surface area contributed by atoms with Crippen LogP contribution in [0.2, 0.25) is 0 Å². The maximum absolute atomic E-state index is 2.44. The third-order valence-electron chi connectivity index (χ3n) is 7.89. The number of thiophene rings is 1. The Bertz CT molecular complexity index is 2180. The van der Waals surface area contributed by atoms with Crippen LogP contribution in [0.3, 0.4) is 0 Å². The minimum absolute atomic E-state index is 1.20. The molecule has 0 atom stereocenters. The van der Waals surface area contributed by atoms with E-state index >= 15 is 0 Å². The Labute approximate surface area is 231 Å². The second-order valence-electron chi connectivity index (χ2n) is 10.3. The average Bonchev–Trinajstić information content (AvgIpc) is 3.52. The topological polar surface area (TPSA) is 4.93 Å². The van der Waals surface area contributed by atoms with Crippen LogP contribution in [0.4, 0.5) is 0 Å². The predicted molar refractivity (Wildman–Crippen MR) is 169 cm³/mol. The number of aromatic nitrogens is 1. The van der Waals surface area contributed by atoms with E-state index in [2.05, 4.69) is 145 Å². The molecule has 0 fully saturated rings. The van der Waals surface area contributed by atoms with Gasteiger partial charge in [-0.15, -0.1) is 11.3 Å². The molecule has 184 valence electrons. The van der Waals surface area contributed by atoms with E-state index in [0.29, 0.717) is 0 Å². The van der Waals surface area contributed by atoms with Crippen molar-refractivity contribution >= 4 is 53.3 Å². The number of rotatable bonds is 3. The SMILES string of the molecule is Cc1ccc(-c2ccccc2-c2ccc3c4ccccc4n(-c4ccc5c(c4)sc4ccccc45)c3c2)cc1. The third-order valence-corrected chi connectivity index (χ3v) is 9.03. The van der Waals surface area contributed by atoms with Crippen molar-refractivity contribution in [2.75, 3.05) is 0 Å². The van der Waals surface area contributed by atoms with Crippen LogP contribution in [0.15, 0.2) is 133 Å². The number of para-hydroxylation sites is 1. The average molecular weight is 516 g/mol. The summed E-state index contributed by atoms with van der Waals surface area (Å²) < 4.78 is 5.09. The zero-order valence-corrected chi connectivity index (χ0v) is 22.4. The molecule has 0 saturated carbocycles. The molecule has 0 bridgehead atoms. The summed E-state index contributed by atoms with van der Waals surface area (Å²) in [5.74, 6) is 0. The van der Waals surface area contributed by atoms with Gasteiger partial charge in [0.15, 0.2) is 0 Å². The molecule has 2 heterocycles. The van der Waals surface area contributed by atoms with E-state index < -0.39 is 0 Å². The summed E-state index contributed by atoms with van der Waals surface area (Å²) in [5, 5.41) is 5.22. The molecule has 6 aromatic carbocycles. The van der Waals surface area contributed by atoms with Crippen LogP contribution in [0.5, 0.6) is 0 Å². The van der Waals surface area contributed by atoms with Crippen molar-refractivity contribution in [1.82, 2.24) is 4.57 Å². The lowest BCUT2D eigenvalue weighted by molar-refractivity contribution is 1.19. The molecule has 0 aliphatic carbocycles. The summed E-state index contributed by atoms with van der Waals surface area (Å²) in [5.41, 5.74) is 9.91. The van der Waals surface area contributed by atoms with Crippen molar-refractivity contribution in [3.05, 3.63) is 139 Å². The molecule has 1 nitrogen and oxygen atoms in total. The lowest BCUT2D eigenvalue weighted by atomic mass is 9.93. The number of fused-ring (bicyclic) bond motifs is 6. The van der Waals surface area contributed by atoms with Crippen molar-refractivity contribution in [2.45, 2.75) is 6.92 Å². The minimum Gasteiger partial charge on any atom is -0.309 e. The molecule has 8 aromatic rings. The molecule has 0 saturated heterocycles. The largest absolute Gasteiger partial charge is 0.309 e. The van der Waals surface area contributed by atoms with Gasteiger partial charge in [-0.25, -0.2) is 0 Å². The van der Waals surface area contributed by atoms with E-state index in [4.69, 9.17) is 0 Å². The molecule has 0 spiro atoms. The fourth-order valence-electron chi connectivity index (χ4n) is 5.99. The second-order valence-corrected chi connectivity index (χ2v) is 11.4. The smallest absolute Gasteiger partial charge is 0.0547 e. The van der Waals surface area contributed by atoms with Crippen molar-refractivity contribution in [2.24, 2.45) is 0 Å². The van der Waals surface area contributed by atoms with Crippen LogP contribution in [0, 0.1) is 6.92 Å². The van der Waals surface area contributed by atoms with Gasteiger partial charge >= 0.3 is 0 Å². The van der Waals surface area contributed by atoms with Gasteiger partial charge in [0.25, 0.3) is 0 Å². The summed E-state index contributed by atoms with van der Waals surface area (Å²) in [6.07, 6.45) is 0. The highest BCUT2D eigenvalue weighted by Gasteiger charge is 2.16. The molecule has 0 unspecified atom stereocenters. The first-order chi connectivity index (χ1) is 19.2. The summed E-state index contributed by atoms with van der Waals surface area (Å²) in [6, 6.07) is 48.9. The lowest BCUT2D eigenvalue weighted by Crippen LogP contribution is -1.94. The monoisotopic (exact) mass is 515 g/mol. The van der Waals surface area contributed by atoms with Crippen molar-refractivity contribution in [3.63, 3.8) is 0 Å². The number of hydrogen-bond donors (Lipinski definition) is 0. The van der Waals surface area contributed by atoms with Gasteiger partial charge in [-0.1, -0.05) is 109 Å². The highest BCUT2D eigenvalue weighted by atomic mass is 32.1. The van der Waals surface area contributed by atoms with Crippen molar-refractivity contribution < 1.29 is 0 Å². The molecule has 8 rings (SSSR count). The van der Waals surface area contributed by atoms with E-state index in [1.807, 2.05) is 11.3 Å². The molecule has 2 heteroatoms. The lowest BCUT2D eigenvalue weighted by Gasteiger charge is -2.12. The maximum atomic E-state index is 2.44. The van der Waals surface area contributed by atoms with Crippen LogP contribution in [-0.2, 0) is 0 Å². The minimum atomic E-state index is 1.20. The first kappa shape index (κ1) is 22.3. The molecule has 0 amide bonds. The van der Waals surface area contributed by atoms with Gasteiger partial charge in [-0.05, 0) is 59.5 Å².